The molecule has 2 aliphatic carbocycles. The summed E-state index contributed by atoms with van der Waals surface area (Å²) in [4.78, 5) is 14.9. The first-order valence-corrected chi connectivity index (χ1v) is 11.1. The molecule has 1 spiro atoms. The number of rotatable bonds is 4. The zero-order chi connectivity index (χ0) is 22.4. The molecule has 2 aliphatic heterocycles. The highest BCUT2D eigenvalue weighted by Gasteiger charge is 2.69. The van der Waals surface area contributed by atoms with Crippen molar-refractivity contribution in [3.05, 3.63) is 63.1 Å². The molecule has 1 aromatic heterocycles. The molecule has 0 amide bonds. The maximum absolute atomic E-state index is 13.9. The van der Waals surface area contributed by atoms with Gasteiger partial charge in [-0.05, 0) is 43.1 Å². The van der Waals surface area contributed by atoms with Crippen LogP contribution in [0.15, 0.2) is 29.2 Å². The van der Waals surface area contributed by atoms with Crippen molar-refractivity contribution in [2.45, 2.75) is 63.3 Å². The second-order valence-electron chi connectivity index (χ2n) is 9.64. The van der Waals surface area contributed by atoms with Gasteiger partial charge in [-0.1, -0.05) is 6.07 Å². The zero-order valence-electron chi connectivity index (χ0n) is 17.3. The maximum Gasteiger partial charge on any atom is 0.230 e. The topological polar surface area (TPSA) is 98.0 Å². The van der Waals surface area contributed by atoms with Gasteiger partial charge in [0.05, 0.1) is 5.56 Å². The number of hydrogen-bond acceptors (Lipinski definition) is 6. The summed E-state index contributed by atoms with van der Waals surface area (Å²) < 4.78 is 28.7. The summed E-state index contributed by atoms with van der Waals surface area (Å²) in [7, 11) is 0. The van der Waals surface area contributed by atoms with Gasteiger partial charge in [0.15, 0.2) is 12.0 Å². The Bertz CT molecular complexity index is 1170. The van der Waals surface area contributed by atoms with Crippen LogP contribution >= 0.6 is 0 Å². The van der Waals surface area contributed by atoms with Crippen LogP contribution in [0.25, 0.3) is 0 Å². The minimum absolute atomic E-state index is 0.0845. The van der Waals surface area contributed by atoms with Crippen molar-refractivity contribution in [2.75, 3.05) is 0 Å². The van der Waals surface area contributed by atoms with E-state index in [0.29, 0.717) is 18.5 Å². The number of halogens is 2. The van der Waals surface area contributed by atoms with E-state index in [1.807, 2.05) is 0 Å². The van der Waals surface area contributed by atoms with E-state index in [1.54, 1.807) is 4.57 Å². The average Bonchev–Trinajstić information content (AvgIpc) is 2.82. The molecule has 0 bridgehead atoms. The van der Waals surface area contributed by atoms with E-state index in [-0.39, 0.29) is 34.8 Å². The number of pyridine rings is 1. The van der Waals surface area contributed by atoms with Gasteiger partial charge < -0.3 is 19.9 Å². The van der Waals surface area contributed by atoms with Gasteiger partial charge in [-0.15, -0.1) is 0 Å². The highest BCUT2D eigenvalue weighted by molar-refractivity contribution is 5.37. The first-order valence-electron chi connectivity index (χ1n) is 11.1. The molecule has 6 atom stereocenters. The number of aromatic nitrogens is 1. The molecule has 1 saturated heterocycles. The van der Waals surface area contributed by atoms with Gasteiger partial charge in [-0.3, -0.25) is 15.0 Å². The predicted molar refractivity (Wildman–Crippen MR) is 109 cm³/mol. The van der Waals surface area contributed by atoms with Gasteiger partial charge in [0.25, 0.3) is 0 Å². The summed E-state index contributed by atoms with van der Waals surface area (Å²) >= 11 is 0. The number of fused-ring (bicyclic) bond motifs is 4. The third-order valence-electron chi connectivity index (χ3n) is 8.44. The fourth-order valence-corrected chi connectivity index (χ4v) is 6.71. The third kappa shape index (κ3) is 2.56. The molecule has 6 rings (SSSR count). The SMILES string of the molecule is O=c1c(C(O)NCc2ccc(F)cc2F)cn2c(c1O)C(O)N1[C@H](C2)C2CCC23CC[C@@H]13. The van der Waals surface area contributed by atoms with Gasteiger partial charge in [0, 0.05) is 43.0 Å². The Labute approximate surface area is 182 Å². The van der Waals surface area contributed by atoms with Gasteiger partial charge in [0.2, 0.25) is 5.43 Å². The van der Waals surface area contributed by atoms with E-state index in [4.69, 9.17) is 0 Å². The molecule has 0 radical (unpaired) electrons. The number of benzene rings is 1. The predicted octanol–water partition coefficient (Wildman–Crippen LogP) is 1.86. The monoisotopic (exact) mass is 445 g/mol. The van der Waals surface area contributed by atoms with Crippen LogP contribution in [-0.2, 0) is 13.1 Å². The molecule has 4 unspecified atom stereocenters. The molecule has 9 heteroatoms. The highest BCUT2D eigenvalue weighted by Crippen LogP contribution is 2.69. The van der Waals surface area contributed by atoms with Crippen LogP contribution < -0.4 is 10.7 Å². The van der Waals surface area contributed by atoms with Crippen LogP contribution in [0.5, 0.6) is 5.75 Å². The van der Waals surface area contributed by atoms with Crippen LogP contribution in [0.3, 0.4) is 0 Å². The summed E-state index contributed by atoms with van der Waals surface area (Å²) in [6.45, 7) is 0.385. The molecule has 4 N–H and O–H groups in total. The molecule has 3 heterocycles. The molecule has 3 fully saturated rings. The summed E-state index contributed by atoms with van der Waals surface area (Å²) in [5.74, 6) is -1.54. The molecule has 170 valence electrons. The van der Waals surface area contributed by atoms with Crippen LogP contribution in [0.4, 0.5) is 8.78 Å². The van der Waals surface area contributed by atoms with Crippen molar-refractivity contribution in [3.8, 4) is 5.75 Å². The van der Waals surface area contributed by atoms with Crippen LogP contribution in [0.1, 0.15) is 55.0 Å². The van der Waals surface area contributed by atoms with Crippen molar-refractivity contribution >= 4 is 0 Å². The van der Waals surface area contributed by atoms with Gasteiger partial charge in [-0.25, -0.2) is 8.78 Å². The normalized spacial score (nSPS) is 33.4. The van der Waals surface area contributed by atoms with E-state index in [2.05, 4.69) is 10.2 Å². The van der Waals surface area contributed by atoms with Crippen LogP contribution in [0.2, 0.25) is 0 Å². The second-order valence-corrected chi connectivity index (χ2v) is 9.64. The Balaban J connectivity index is 1.29. The van der Waals surface area contributed by atoms with Gasteiger partial charge >= 0.3 is 0 Å². The fourth-order valence-electron chi connectivity index (χ4n) is 6.71. The number of nitrogens with zero attached hydrogens (tertiary/aromatic N) is 2. The van der Waals surface area contributed by atoms with E-state index >= 15 is 0 Å². The Hall–Kier alpha value is -2.33. The average molecular weight is 445 g/mol. The highest BCUT2D eigenvalue weighted by atomic mass is 19.1. The van der Waals surface area contributed by atoms with Crippen LogP contribution in [-0.4, -0.2) is 36.9 Å². The lowest BCUT2D eigenvalue weighted by atomic mass is 9.49. The van der Waals surface area contributed by atoms with Crippen LogP contribution in [0, 0.1) is 23.0 Å². The first-order chi connectivity index (χ1) is 15.3. The molecular formula is C23H25F2N3O4. The van der Waals surface area contributed by atoms with Crippen molar-refractivity contribution in [3.63, 3.8) is 0 Å². The molecule has 7 nitrogen and oxygen atoms in total. The Kier molecular flexibility index (Phi) is 4.33. The first kappa shape index (κ1) is 20.3. The summed E-state index contributed by atoms with van der Waals surface area (Å²) in [5.41, 5.74) is -0.295. The zero-order valence-corrected chi connectivity index (χ0v) is 17.3. The summed E-state index contributed by atoms with van der Waals surface area (Å²) in [6.07, 6.45) is 3.40. The van der Waals surface area contributed by atoms with Crippen molar-refractivity contribution in [1.29, 1.82) is 0 Å². The molecular weight excluding hydrogens is 420 g/mol. The largest absolute Gasteiger partial charge is 0.503 e. The standard InChI is InChI=1S/C23H25F2N3O4/c24-12-2-1-11(15(25)7-12)8-26-21(31)13-9-27-10-16-14-3-5-23(14)6-4-17(23)28(16)22(32)18(27)20(30)19(13)29/h1-2,7,9,14,16-17,21-22,26,30-32H,3-6,8,10H2/t14?,16-,17-,21?,22?,23?/m1/s1. The quantitative estimate of drug-likeness (QED) is 0.537. The van der Waals surface area contributed by atoms with E-state index < -0.39 is 35.3 Å². The van der Waals surface area contributed by atoms with Crippen molar-refractivity contribution in [1.82, 2.24) is 14.8 Å². The second kappa shape index (κ2) is 6.84. The lowest BCUT2D eigenvalue weighted by Gasteiger charge is -2.56. The molecule has 2 saturated carbocycles. The fraction of sp³-hybridized carbons (Fsp3) is 0.522. The minimum atomic E-state index is -1.47. The van der Waals surface area contributed by atoms with Gasteiger partial charge in [-0.2, -0.15) is 0 Å². The smallest absolute Gasteiger partial charge is 0.230 e. The maximum atomic E-state index is 13.9. The number of aromatic hydroxyl groups is 1. The number of aliphatic hydroxyl groups is 2. The van der Waals surface area contributed by atoms with E-state index in [0.717, 1.165) is 37.8 Å². The Morgan fingerprint density at radius 1 is 1.25 bits per heavy atom. The van der Waals surface area contributed by atoms with Crippen molar-refractivity contribution < 1.29 is 24.1 Å². The van der Waals surface area contributed by atoms with Gasteiger partial charge in [0.1, 0.15) is 23.6 Å². The molecule has 2 aromatic rings. The minimum Gasteiger partial charge on any atom is -0.503 e. The number of hydrogen-bond donors (Lipinski definition) is 4. The molecule has 1 aromatic carbocycles. The lowest BCUT2D eigenvalue weighted by Crippen LogP contribution is -2.54. The summed E-state index contributed by atoms with van der Waals surface area (Å²) in [6, 6.07) is 3.54. The lowest BCUT2D eigenvalue weighted by molar-refractivity contribution is -0.0995. The third-order valence-corrected chi connectivity index (χ3v) is 8.44. The van der Waals surface area contributed by atoms with E-state index in [1.165, 1.54) is 12.3 Å². The summed E-state index contributed by atoms with van der Waals surface area (Å²) in [5, 5.41) is 35.0. The Morgan fingerprint density at radius 2 is 2.03 bits per heavy atom. The Morgan fingerprint density at radius 3 is 2.69 bits per heavy atom. The molecule has 32 heavy (non-hydrogen) atoms. The molecule has 4 aliphatic rings. The number of nitrogens with one attached hydrogen (secondary N) is 1. The van der Waals surface area contributed by atoms with E-state index in [9.17, 15) is 28.9 Å². The van der Waals surface area contributed by atoms with Crippen molar-refractivity contribution in [2.24, 2.45) is 11.3 Å². The number of aliphatic hydroxyl groups excluding tert-OH is 2.